The maximum absolute atomic E-state index is 10.9. The van der Waals surface area contributed by atoms with Gasteiger partial charge < -0.3 is 19.7 Å². The second-order valence-electron chi connectivity index (χ2n) is 2.39. The monoisotopic (exact) mass is 174 g/mol. The molecular formula is C7H10O5. The Balaban J connectivity index is 2.67. The minimum atomic E-state index is -1.26. The summed E-state index contributed by atoms with van der Waals surface area (Å²) >= 11 is 0. The Morgan fingerprint density at radius 2 is 2.25 bits per heavy atom. The zero-order valence-electron chi connectivity index (χ0n) is 6.51. The summed E-state index contributed by atoms with van der Waals surface area (Å²) in [4.78, 5) is 10.9. The Labute approximate surface area is 69.2 Å². The van der Waals surface area contributed by atoms with Crippen LogP contribution in [-0.2, 0) is 14.3 Å². The van der Waals surface area contributed by atoms with Gasteiger partial charge >= 0.3 is 5.97 Å². The van der Waals surface area contributed by atoms with Crippen LogP contribution in [0.2, 0.25) is 0 Å². The number of methoxy groups -OCH3 is 1. The van der Waals surface area contributed by atoms with E-state index < -0.39 is 24.3 Å². The summed E-state index contributed by atoms with van der Waals surface area (Å²) in [5.41, 5.74) is 0. The van der Waals surface area contributed by atoms with E-state index >= 15 is 0 Å². The second-order valence-corrected chi connectivity index (χ2v) is 2.39. The quantitative estimate of drug-likeness (QED) is 0.488. The van der Waals surface area contributed by atoms with Crippen LogP contribution in [0.15, 0.2) is 12.3 Å². The molecule has 0 aliphatic carbocycles. The zero-order chi connectivity index (χ0) is 9.14. The highest BCUT2D eigenvalue weighted by Gasteiger charge is 2.35. The van der Waals surface area contributed by atoms with Gasteiger partial charge in [0.2, 0.25) is 6.10 Å². The third-order valence-corrected chi connectivity index (χ3v) is 1.59. The van der Waals surface area contributed by atoms with Gasteiger partial charge in [-0.15, -0.1) is 0 Å². The van der Waals surface area contributed by atoms with Gasteiger partial charge in [0.25, 0.3) is 0 Å². The molecule has 0 fully saturated rings. The summed E-state index contributed by atoms with van der Waals surface area (Å²) < 4.78 is 9.09. The molecule has 0 aromatic heterocycles. The first-order valence-electron chi connectivity index (χ1n) is 3.43. The molecule has 1 rings (SSSR count). The van der Waals surface area contributed by atoms with Crippen LogP contribution in [0.5, 0.6) is 0 Å². The molecule has 5 nitrogen and oxygen atoms in total. The third kappa shape index (κ3) is 1.57. The second kappa shape index (κ2) is 3.55. The molecule has 68 valence electrons. The lowest BCUT2D eigenvalue weighted by molar-refractivity contribution is -0.163. The predicted octanol–water partition coefficient (Wildman–Crippen LogP) is -1.21. The van der Waals surface area contributed by atoms with Crippen molar-refractivity contribution in [1.29, 1.82) is 0 Å². The van der Waals surface area contributed by atoms with Crippen LogP contribution in [0, 0.1) is 0 Å². The molecule has 1 aliphatic heterocycles. The predicted molar refractivity (Wildman–Crippen MR) is 38.0 cm³/mol. The minimum absolute atomic E-state index is 0.703. The first-order valence-corrected chi connectivity index (χ1v) is 3.43. The van der Waals surface area contributed by atoms with Gasteiger partial charge in [-0.3, -0.25) is 0 Å². The van der Waals surface area contributed by atoms with Crippen molar-refractivity contribution in [1.82, 2.24) is 0 Å². The highest BCUT2D eigenvalue weighted by atomic mass is 16.6. The van der Waals surface area contributed by atoms with E-state index in [-0.39, 0.29) is 0 Å². The number of aliphatic hydroxyl groups excluding tert-OH is 2. The summed E-state index contributed by atoms with van der Waals surface area (Å²) in [6.45, 7) is 0. The standard InChI is InChI=1S/C7H10O5/c1-11-7(10)6-5(9)4(8)2-3-12-6/h2-6,8-9H,1H3/t4-,5+,6?/m1/s1. The zero-order valence-corrected chi connectivity index (χ0v) is 6.51. The molecule has 0 aromatic carbocycles. The van der Waals surface area contributed by atoms with Crippen LogP contribution in [0.3, 0.4) is 0 Å². The van der Waals surface area contributed by atoms with Crippen molar-refractivity contribution in [3.05, 3.63) is 12.3 Å². The number of carbonyl (C=O) groups is 1. The number of esters is 1. The van der Waals surface area contributed by atoms with E-state index in [0.29, 0.717) is 0 Å². The van der Waals surface area contributed by atoms with Crippen LogP contribution in [0.4, 0.5) is 0 Å². The summed E-state index contributed by atoms with van der Waals surface area (Å²) in [6.07, 6.45) is -1.05. The van der Waals surface area contributed by atoms with Crippen molar-refractivity contribution in [2.24, 2.45) is 0 Å². The fourth-order valence-corrected chi connectivity index (χ4v) is 0.895. The Morgan fingerprint density at radius 1 is 1.58 bits per heavy atom. The fraction of sp³-hybridized carbons (Fsp3) is 0.571. The lowest BCUT2D eigenvalue weighted by Crippen LogP contribution is -2.45. The van der Waals surface area contributed by atoms with E-state index in [9.17, 15) is 9.90 Å². The Kier molecular flexibility index (Phi) is 2.67. The van der Waals surface area contributed by atoms with E-state index in [2.05, 4.69) is 4.74 Å². The smallest absolute Gasteiger partial charge is 0.349 e. The minimum Gasteiger partial charge on any atom is -0.484 e. The van der Waals surface area contributed by atoms with Crippen LogP contribution in [-0.4, -0.2) is 41.6 Å². The number of hydrogen-bond acceptors (Lipinski definition) is 5. The van der Waals surface area contributed by atoms with Crippen molar-refractivity contribution < 1.29 is 24.5 Å². The van der Waals surface area contributed by atoms with Gasteiger partial charge in [-0.1, -0.05) is 0 Å². The summed E-state index contributed by atoms with van der Waals surface area (Å²) in [5.74, 6) is -0.703. The van der Waals surface area contributed by atoms with Gasteiger partial charge in [-0.2, -0.15) is 0 Å². The van der Waals surface area contributed by atoms with Crippen LogP contribution >= 0.6 is 0 Å². The molecule has 1 heterocycles. The average Bonchev–Trinajstić information content (AvgIpc) is 2.08. The van der Waals surface area contributed by atoms with Gasteiger partial charge in [-0.05, 0) is 6.08 Å². The molecule has 12 heavy (non-hydrogen) atoms. The number of hydrogen-bond donors (Lipinski definition) is 2. The van der Waals surface area contributed by atoms with Crippen molar-refractivity contribution in [3.8, 4) is 0 Å². The molecule has 0 aromatic rings. The van der Waals surface area contributed by atoms with Crippen LogP contribution in [0.1, 0.15) is 0 Å². The van der Waals surface area contributed by atoms with Gasteiger partial charge in [-0.25, -0.2) is 4.79 Å². The molecule has 0 saturated heterocycles. The fourth-order valence-electron chi connectivity index (χ4n) is 0.895. The van der Waals surface area contributed by atoms with Crippen molar-refractivity contribution in [2.75, 3.05) is 7.11 Å². The first kappa shape index (κ1) is 9.02. The number of ether oxygens (including phenoxy) is 2. The van der Waals surface area contributed by atoms with Crippen LogP contribution < -0.4 is 0 Å². The Morgan fingerprint density at radius 3 is 2.83 bits per heavy atom. The van der Waals surface area contributed by atoms with E-state index in [1.54, 1.807) is 0 Å². The molecule has 1 unspecified atom stereocenters. The average molecular weight is 174 g/mol. The van der Waals surface area contributed by atoms with E-state index in [0.717, 1.165) is 0 Å². The highest BCUT2D eigenvalue weighted by Crippen LogP contribution is 2.13. The van der Waals surface area contributed by atoms with Crippen molar-refractivity contribution in [2.45, 2.75) is 18.3 Å². The van der Waals surface area contributed by atoms with Gasteiger partial charge in [0.15, 0.2) is 0 Å². The molecule has 0 spiro atoms. The lowest BCUT2D eigenvalue weighted by atomic mass is 10.1. The molecule has 3 atom stereocenters. The topological polar surface area (TPSA) is 76.0 Å². The number of rotatable bonds is 1. The molecule has 0 amide bonds. The summed E-state index contributed by atoms with van der Waals surface area (Å²) in [5, 5.41) is 18.3. The normalized spacial score (nSPS) is 34.1. The maximum Gasteiger partial charge on any atom is 0.349 e. The van der Waals surface area contributed by atoms with Gasteiger partial charge in [0.05, 0.1) is 13.4 Å². The Bertz CT molecular complexity index is 200. The van der Waals surface area contributed by atoms with E-state index in [1.165, 1.54) is 19.4 Å². The van der Waals surface area contributed by atoms with Gasteiger partial charge in [0, 0.05) is 0 Å². The number of carbonyl (C=O) groups excluding carboxylic acids is 1. The lowest BCUT2D eigenvalue weighted by Gasteiger charge is -2.25. The molecule has 0 saturated carbocycles. The molecule has 2 N–H and O–H groups in total. The Hall–Kier alpha value is -1.07. The molecule has 5 heteroatoms. The van der Waals surface area contributed by atoms with Crippen molar-refractivity contribution >= 4 is 5.97 Å². The summed E-state index contributed by atoms with van der Waals surface area (Å²) in [6, 6.07) is 0. The molecular weight excluding hydrogens is 164 g/mol. The largest absolute Gasteiger partial charge is 0.484 e. The van der Waals surface area contributed by atoms with E-state index in [1.807, 2.05) is 0 Å². The molecule has 0 bridgehead atoms. The van der Waals surface area contributed by atoms with Crippen molar-refractivity contribution in [3.63, 3.8) is 0 Å². The first-order chi connectivity index (χ1) is 5.66. The van der Waals surface area contributed by atoms with E-state index in [4.69, 9.17) is 9.84 Å². The maximum atomic E-state index is 10.9. The van der Waals surface area contributed by atoms with Crippen LogP contribution in [0.25, 0.3) is 0 Å². The third-order valence-electron chi connectivity index (χ3n) is 1.59. The highest BCUT2D eigenvalue weighted by molar-refractivity contribution is 5.75. The number of aliphatic hydroxyl groups is 2. The molecule has 1 aliphatic rings. The van der Waals surface area contributed by atoms with Gasteiger partial charge in [0.1, 0.15) is 12.2 Å². The molecule has 0 radical (unpaired) electrons. The SMILES string of the molecule is COC(=O)C1OC=C[C@@H](O)[C@@H]1O. The summed E-state index contributed by atoms with van der Waals surface area (Å²) in [7, 11) is 1.18.